The first-order valence-electron chi connectivity index (χ1n) is 12.6. The average molecular weight is 476 g/mol. The Balaban J connectivity index is 3.88. The third-order valence-corrected chi connectivity index (χ3v) is 5.62. The third kappa shape index (κ3) is 22.2. The van der Waals surface area contributed by atoms with Crippen molar-refractivity contribution in [1.29, 1.82) is 0 Å². The van der Waals surface area contributed by atoms with E-state index in [4.69, 9.17) is 19.7 Å². The van der Waals surface area contributed by atoms with Crippen LogP contribution in [0.4, 0.5) is 0 Å². The summed E-state index contributed by atoms with van der Waals surface area (Å²) in [6, 6.07) is 0. The van der Waals surface area contributed by atoms with Crippen LogP contribution in [0.2, 0.25) is 0 Å². The molecule has 0 spiro atoms. The zero-order chi connectivity index (χ0) is 23.7. The molecule has 0 aliphatic carbocycles. The molecule has 188 valence electrons. The Bertz CT molecular complexity index is 464. The lowest BCUT2D eigenvalue weighted by Crippen LogP contribution is -2.28. The molecule has 0 saturated carbocycles. The van der Waals surface area contributed by atoms with Gasteiger partial charge < -0.3 is 15.2 Å². The fourth-order valence-electron chi connectivity index (χ4n) is 3.43. The Morgan fingerprint density at radius 2 is 1.22 bits per heavy atom. The van der Waals surface area contributed by atoms with Crippen LogP contribution < -0.4 is 5.73 Å². The van der Waals surface area contributed by atoms with Crippen LogP contribution in [-0.4, -0.2) is 37.8 Å². The number of unbranched alkanes of at least 4 members (excludes halogenated alkanes) is 13. The van der Waals surface area contributed by atoms with Crippen LogP contribution in [0.3, 0.4) is 0 Å². The molecule has 1 atom stereocenters. The summed E-state index contributed by atoms with van der Waals surface area (Å²) < 4.78 is 26.0. The number of ether oxygens (including phenoxy) is 2. The van der Waals surface area contributed by atoms with Crippen LogP contribution in [0.1, 0.15) is 116 Å². The van der Waals surface area contributed by atoms with Crippen molar-refractivity contribution >= 4 is 20.6 Å². The van der Waals surface area contributed by atoms with E-state index in [1.165, 1.54) is 51.4 Å². The lowest BCUT2D eigenvalue weighted by atomic mass is 10.1. The minimum atomic E-state index is -0.731. The van der Waals surface area contributed by atoms with E-state index in [0.29, 0.717) is 12.8 Å². The van der Waals surface area contributed by atoms with Crippen molar-refractivity contribution in [2.45, 2.75) is 122 Å². The van der Waals surface area contributed by atoms with E-state index in [0.717, 1.165) is 51.5 Å². The summed E-state index contributed by atoms with van der Waals surface area (Å²) in [5.74, 6) is -0.641. The van der Waals surface area contributed by atoms with Crippen LogP contribution >= 0.6 is 8.69 Å². The van der Waals surface area contributed by atoms with E-state index in [9.17, 15) is 14.2 Å². The Morgan fingerprint density at radius 3 is 1.75 bits per heavy atom. The second kappa shape index (κ2) is 24.6. The van der Waals surface area contributed by atoms with Crippen LogP contribution in [0.5, 0.6) is 0 Å². The largest absolute Gasteiger partial charge is 0.462 e. The molecule has 0 unspecified atom stereocenters. The number of esters is 2. The maximum atomic E-state index is 12.0. The van der Waals surface area contributed by atoms with Crippen molar-refractivity contribution in [3.05, 3.63) is 0 Å². The third-order valence-electron chi connectivity index (χ3n) is 5.36. The van der Waals surface area contributed by atoms with Gasteiger partial charge in [-0.25, -0.2) is 4.57 Å². The topological polar surface area (TPSA) is 105 Å². The highest BCUT2D eigenvalue weighted by atomic mass is 31.1. The van der Waals surface area contributed by atoms with Gasteiger partial charge in [-0.05, 0) is 25.8 Å². The van der Waals surface area contributed by atoms with Crippen molar-refractivity contribution in [1.82, 2.24) is 0 Å². The molecule has 7 nitrogen and oxygen atoms in total. The quantitative estimate of drug-likeness (QED) is 0.0995. The van der Waals surface area contributed by atoms with Gasteiger partial charge in [-0.15, -0.1) is 0 Å². The molecule has 0 bridgehead atoms. The average Bonchev–Trinajstić information content (AvgIpc) is 2.79. The lowest BCUT2D eigenvalue weighted by molar-refractivity contribution is -0.160. The van der Waals surface area contributed by atoms with E-state index in [1.807, 2.05) is 0 Å². The molecular weight excluding hydrogens is 429 g/mol. The standard InChI is InChI=1S/C24H46NO6P/c1-2-3-4-5-8-12-15-18-24(27)31-22(21-30-32-28)20-29-23(26)17-14-11-9-6-7-10-13-16-19-25/h22H,2-21,25H2,1H3/t22-/m1/s1. The Morgan fingerprint density at radius 1 is 0.719 bits per heavy atom. The summed E-state index contributed by atoms with van der Waals surface area (Å²) in [5.41, 5.74) is 5.48. The van der Waals surface area contributed by atoms with Gasteiger partial charge in [0.05, 0.1) is 0 Å². The molecule has 0 fully saturated rings. The number of carbonyl (C=O) groups excluding carboxylic acids is 2. The highest BCUT2D eigenvalue weighted by Gasteiger charge is 2.17. The predicted molar refractivity (Wildman–Crippen MR) is 128 cm³/mol. The van der Waals surface area contributed by atoms with Crippen molar-refractivity contribution in [3.8, 4) is 0 Å². The molecule has 0 aromatic heterocycles. The molecule has 0 heterocycles. The number of nitrogens with two attached hydrogens (primary N) is 1. The zero-order valence-electron chi connectivity index (χ0n) is 20.2. The number of carbonyl (C=O) groups is 2. The lowest BCUT2D eigenvalue weighted by Gasteiger charge is -2.16. The fraction of sp³-hybridized carbons (Fsp3) is 0.917. The van der Waals surface area contributed by atoms with Crippen molar-refractivity contribution < 1.29 is 28.2 Å². The summed E-state index contributed by atoms with van der Waals surface area (Å²) in [6.45, 7) is 2.82. The molecule has 0 aliphatic rings. The summed E-state index contributed by atoms with van der Waals surface area (Å²) in [5, 5.41) is 0. The highest BCUT2D eigenvalue weighted by molar-refractivity contribution is 7.17. The second-order valence-corrected chi connectivity index (χ2v) is 8.81. The summed E-state index contributed by atoms with van der Waals surface area (Å²) in [4.78, 5) is 24.0. The van der Waals surface area contributed by atoms with Gasteiger partial charge in [0.25, 0.3) is 0 Å². The predicted octanol–water partition coefficient (Wildman–Crippen LogP) is 6.28. The Labute approximate surface area is 196 Å². The van der Waals surface area contributed by atoms with Crippen LogP contribution in [-0.2, 0) is 28.2 Å². The van der Waals surface area contributed by atoms with E-state index in [2.05, 4.69) is 6.92 Å². The first-order valence-corrected chi connectivity index (χ1v) is 13.4. The molecule has 8 heteroatoms. The molecule has 0 aliphatic heterocycles. The second-order valence-electron chi connectivity index (χ2n) is 8.40. The van der Waals surface area contributed by atoms with Crippen LogP contribution in [0.15, 0.2) is 0 Å². The number of hydrogen-bond acceptors (Lipinski definition) is 7. The van der Waals surface area contributed by atoms with Crippen molar-refractivity contribution in [2.24, 2.45) is 5.73 Å². The van der Waals surface area contributed by atoms with Gasteiger partial charge in [0.1, 0.15) is 13.2 Å². The minimum Gasteiger partial charge on any atom is -0.462 e. The van der Waals surface area contributed by atoms with Gasteiger partial charge in [0, 0.05) is 12.8 Å². The molecule has 0 saturated heterocycles. The monoisotopic (exact) mass is 475 g/mol. The van der Waals surface area contributed by atoms with Gasteiger partial charge in [0.2, 0.25) is 0 Å². The smallest absolute Gasteiger partial charge is 0.327 e. The van der Waals surface area contributed by atoms with Gasteiger partial charge in [-0.3, -0.25) is 14.1 Å². The maximum absolute atomic E-state index is 12.0. The summed E-state index contributed by atoms with van der Waals surface area (Å²) in [6.07, 6.45) is 16.6. The first-order chi connectivity index (χ1) is 15.6. The number of rotatable bonds is 24. The molecule has 0 aromatic rings. The summed E-state index contributed by atoms with van der Waals surface area (Å²) >= 11 is 0. The summed E-state index contributed by atoms with van der Waals surface area (Å²) in [7, 11) is -0.490. The SMILES string of the molecule is CCCCCCCCCC(=O)O[C@@H](COP=O)COC(=O)CCCCCCCCCCN. The van der Waals surface area contributed by atoms with Crippen LogP contribution in [0, 0.1) is 0 Å². The minimum absolute atomic E-state index is 0.0642. The fourth-order valence-corrected chi connectivity index (χ4v) is 3.66. The van der Waals surface area contributed by atoms with Gasteiger partial charge >= 0.3 is 20.6 Å². The first kappa shape index (κ1) is 31.0. The Kier molecular flexibility index (Phi) is 23.8. The van der Waals surface area contributed by atoms with Crippen LogP contribution in [0.25, 0.3) is 0 Å². The highest BCUT2D eigenvalue weighted by Crippen LogP contribution is 2.12. The van der Waals surface area contributed by atoms with E-state index in [1.54, 1.807) is 0 Å². The maximum Gasteiger partial charge on any atom is 0.327 e. The molecular formula is C24H46NO6P. The Hall–Kier alpha value is -1.04. The van der Waals surface area contributed by atoms with Gasteiger partial charge in [0.15, 0.2) is 6.10 Å². The molecule has 0 radical (unpaired) electrons. The molecule has 0 amide bonds. The molecule has 2 N–H and O–H groups in total. The van der Waals surface area contributed by atoms with E-state index < -0.39 is 14.8 Å². The van der Waals surface area contributed by atoms with Gasteiger partial charge in [-0.2, -0.15) is 0 Å². The van der Waals surface area contributed by atoms with E-state index in [-0.39, 0.29) is 25.2 Å². The van der Waals surface area contributed by atoms with Gasteiger partial charge in [-0.1, -0.05) is 84.0 Å². The molecule has 0 rings (SSSR count). The van der Waals surface area contributed by atoms with E-state index >= 15 is 0 Å². The molecule has 32 heavy (non-hydrogen) atoms. The number of hydrogen-bond donors (Lipinski definition) is 1. The zero-order valence-corrected chi connectivity index (χ0v) is 21.1. The van der Waals surface area contributed by atoms with Crippen molar-refractivity contribution in [2.75, 3.05) is 19.8 Å². The molecule has 0 aromatic carbocycles. The normalized spacial score (nSPS) is 12.1. The van der Waals surface area contributed by atoms with Crippen molar-refractivity contribution in [3.63, 3.8) is 0 Å².